The first-order valence-electron chi connectivity index (χ1n) is 5.64. The lowest BCUT2D eigenvalue weighted by atomic mass is 10.2. The van der Waals surface area contributed by atoms with Crippen molar-refractivity contribution in [2.45, 2.75) is 6.61 Å². The second-order valence-corrected chi connectivity index (χ2v) is 4.68. The average molecular weight is 278 g/mol. The Bertz CT molecular complexity index is 570. The van der Waals surface area contributed by atoms with Crippen LogP contribution < -0.4 is 10.6 Å². The Hall–Kier alpha value is -1.99. The molecule has 19 heavy (non-hydrogen) atoms. The quantitative estimate of drug-likeness (QED) is 0.874. The first kappa shape index (κ1) is 13.4. The van der Waals surface area contributed by atoms with Gasteiger partial charge in [0.25, 0.3) is 5.91 Å². The van der Waals surface area contributed by atoms with E-state index < -0.39 is 0 Å². The van der Waals surface area contributed by atoms with Gasteiger partial charge in [-0.15, -0.1) is 10.2 Å². The molecule has 0 radical (unpaired) electrons. The predicted molar refractivity (Wildman–Crippen MR) is 74.6 cm³/mol. The van der Waals surface area contributed by atoms with Gasteiger partial charge in [-0.2, -0.15) is 0 Å². The van der Waals surface area contributed by atoms with Crippen molar-refractivity contribution in [3.05, 3.63) is 34.8 Å². The number of aromatic nitrogens is 2. The van der Waals surface area contributed by atoms with Crippen LogP contribution in [-0.2, 0) is 11.3 Å². The monoisotopic (exact) mass is 278 g/mol. The van der Waals surface area contributed by atoms with E-state index in [1.807, 2.05) is 24.3 Å². The van der Waals surface area contributed by atoms with Gasteiger partial charge in [-0.25, -0.2) is 0 Å². The number of carbonyl (C=O) groups is 1. The molecule has 2 N–H and O–H groups in total. The molecule has 1 aromatic carbocycles. The van der Waals surface area contributed by atoms with Crippen molar-refractivity contribution in [1.82, 2.24) is 10.2 Å². The van der Waals surface area contributed by atoms with E-state index >= 15 is 0 Å². The normalized spacial score (nSPS) is 10.2. The minimum absolute atomic E-state index is 0.275. The molecule has 6 nitrogen and oxygen atoms in total. The molecule has 0 atom stereocenters. The van der Waals surface area contributed by atoms with Crippen LogP contribution in [0, 0.1) is 0 Å². The third-order valence-corrected chi connectivity index (χ3v) is 3.34. The summed E-state index contributed by atoms with van der Waals surface area (Å²) in [5.41, 5.74) is 1.63. The highest BCUT2D eigenvalue weighted by atomic mass is 32.1. The van der Waals surface area contributed by atoms with E-state index in [-0.39, 0.29) is 5.91 Å². The molecular weight excluding hydrogens is 264 g/mol. The van der Waals surface area contributed by atoms with Crippen LogP contribution in [0.1, 0.15) is 15.4 Å². The van der Waals surface area contributed by atoms with Gasteiger partial charge in [0.05, 0.1) is 6.61 Å². The van der Waals surface area contributed by atoms with Gasteiger partial charge in [-0.1, -0.05) is 29.5 Å². The van der Waals surface area contributed by atoms with Crippen molar-refractivity contribution in [2.75, 3.05) is 24.8 Å². The number of rotatable bonds is 5. The lowest BCUT2D eigenvalue weighted by Crippen LogP contribution is -2.13. The maximum Gasteiger partial charge on any atom is 0.286 e. The molecule has 0 unspecified atom stereocenters. The van der Waals surface area contributed by atoms with Gasteiger partial charge in [0.1, 0.15) is 0 Å². The summed E-state index contributed by atoms with van der Waals surface area (Å²) >= 11 is 1.20. The highest BCUT2D eigenvalue weighted by molar-refractivity contribution is 7.17. The summed E-state index contributed by atoms with van der Waals surface area (Å²) in [6.07, 6.45) is 0. The molecule has 0 spiro atoms. The van der Waals surface area contributed by atoms with Crippen molar-refractivity contribution in [3.8, 4) is 0 Å². The first-order valence-corrected chi connectivity index (χ1v) is 6.45. The van der Waals surface area contributed by atoms with E-state index in [1.54, 1.807) is 14.2 Å². The zero-order valence-corrected chi connectivity index (χ0v) is 11.5. The third-order valence-electron chi connectivity index (χ3n) is 2.40. The number of para-hydroxylation sites is 1. The van der Waals surface area contributed by atoms with Crippen molar-refractivity contribution in [1.29, 1.82) is 0 Å². The Morgan fingerprint density at radius 3 is 2.84 bits per heavy atom. The molecule has 0 fully saturated rings. The molecular formula is C12H14N4O2S. The Balaban J connectivity index is 2.14. The summed E-state index contributed by atoms with van der Waals surface area (Å²) < 4.78 is 5.09. The molecule has 0 aliphatic rings. The number of benzene rings is 1. The number of carbonyl (C=O) groups excluding carboxylic acids is 1. The van der Waals surface area contributed by atoms with Gasteiger partial charge in [0, 0.05) is 25.4 Å². The van der Waals surface area contributed by atoms with Crippen LogP contribution in [0.3, 0.4) is 0 Å². The lowest BCUT2D eigenvalue weighted by Gasteiger charge is -2.08. The molecule has 1 aromatic heterocycles. The smallest absolute Gasteiger partial charge is 0.286 e. The molecule has 0 saturated carbocycles. The predicted octanol–water partition coefficient (Wildman–Crippen LogP) is 1.98. The lowest BCUT2D eigenvalue weighted by molar-refractivity contribution is 0.102. The summed E-state index contributed by atoms with van der Waals surface area (Å²) in [7, 11) is 3.35. The molecule has 1 amide bonds. The van der Waals surface area contributed by atoms with E-state index in [9.17, 15) is 4.79 Å². The van der Waals surface area contributed by atoms with Crippen molar-refractivity contribution < 1.29 is 9.53 Å². The first-order chi connectivity index (χ1) is 9.24. The maximum atomic E-state index is 12.0. The van der Waals surface area contributed by atoms with Gasteiger partial charge in [-0.05, 0) is 6.07 Å². The molecule has 0 saturated heterocycles. The van der Waals surface area contributed by atoms with Gasteiger partial charge >= 0.3 is 0 Å². The van der Waals surface area contributed by atoms with Crippen LogP contribution in [0.2, 0.25) is 0 Å². The van der Waals surface area contributed by atoms with Gasteiger partial charge in [-0.3, -0.25) is 4.79 Å². The molecule has 0 bridgehead atoms. The van der Waals surface area contributed by atoms with Crippen molar-refractivity contribution in [3.63, 3.8) is 0 Å². The second kappa shape index (κ2) is 6.26. The number of nitrogens with zero attached hydrogens (tertiary/aromatic N) is 2. The topological polar surface area (TPSA) is 76.1 Å². The Labute approximate surface area is 114 Å². The van der Waals surface area contributed by atoms with E-state index in [4.69, 9.17) is 4.74 Å². The Morgan fingerprint density at radius 1 is 1.37 bits per heavy atom. The van der Waals surface area contributed by atoms with Crippen LogP contribution >= 0.6 is 11.3 Å². The highest BCUT2D eigenvalue weighted by Gasteiger charge is 2.13. The summed E-state index contributed by atoms with van der Waals surface area (Å²) in [6.45, 7) is 0.439. The van der Waals surface area contributed by atoms with Crippen LogP contribution in [-0.4, -0.2) is 30.3 Å². The van der Waals surface area contributed by atoms with Crippen LogP contribution in [0.15, 0.2) is 24.3 Å². The molecule has 2 aromatic rings. The number of nitrogens with one attached hydrogen (secondary N) is 2. The number of anilines is 2. The Morgan fingerprint density at radius 2 is 2.16 bits per heavy atom. The third kappa shape index (κ3) is 3.27. The minimum Gasteiger partial charge on any atom is -0.380 e. The zero-order valence-electron chi connectivity index (χ0n) is 10.6. The number of methoxy groups -OCH3 is 1. The number of hydrogen-bond donors (Lipinski definition) is 2. The van der Waals surface area contributed by atoms with E-state index in [1.165, 1.54) is 11.3 Å². The zero-order chi connectivity index (χ0) is 13.7. The Kier molecular flexibility index (Phi) is 4.43. The summed E-state index contributed by atoms with van der Waals surface area (Å²) in [5, 5.41) is 14.2. The largest absolute Gasteiger partial charge is 0.380 e. The maximum absolute atomic E-state index is 12.0. The van der Waals surface area contributed by atoms with Crippen LogP contribution in [0.4, 0.5) is 10.8 Å². The second-order valence-electron chi connectivity index (χ2n) is 3.71. The number of amides is 1. The molecule has 2 rings (SSSR count). The molecule has 0 aliphatic heterocycles. The highest BCUT2D eigenvalue weighted by Crippen LogP contribution is 2.19. The minimum atomic E-state index is -0.275. The van der Waals surface area contributed by atoms with Crippen LogP contribution in [0.25, 0.3) is 0 Å². The summed E-state index contributed by atoms with van der Waals surface area (Å²) in [6, 6.07) is 7.48. The molecule has 1 heterocycles. The fourth-order valence-electron chi connectivity index (χ4n) is 1.52. The molecule has 7 heteroatoms. The van der Waals surface area contributed by atoms with Crippen molar-refractivity contribution in [2.24, 2.45) is 0 Å². The van der Waals surface area contributed by atoms with E-state index in [2.05, 4.69) is 20.8 Å². The summed E-state index contributed by atoms with van der Waals surface area (Å²) in [5.74, 6) is -0.275. The summed E-state index contributed by atoms with van der Waals surface area (Å²) in [4.78, 5) is 12.0. The fraction of sp³-hybridized carbons (Fsp3) is 0.250. The standard InChI is InChI=1S/C12H14N4O2S/c1-13-12-16-15-11(19-12)10(17)14-9-6-4-3-5-8(9)7-18-2/h3-6H,7H2,1-2H3,(H,13,16)(H,14,17). The molecule has 0 aliphatic carbocycles. The number of hydrogen-bond acceptors (Lipinski definition) is 6. The van der Waals surface area contributed by atoms with Gasteiger partial charge in [0.15, 0.2) is 0 Å². The van der Waals surface area contributed by atoms with E-state index in [0.717, 1.165) is 11.3 Å². The number of ether oxygens (including phenoxy) is 1. The van der Waals surface area contributed by atoms with Crippen LogP contribution in [0.5, 0.6) is 0 Å². The fourth-order valence-corrected chi connectivity index (χ4v) is 2.11. The average Bonchev–Trinajstić information content (AvgIpc) is 2.90. The van der Waals surface area contributed by atoms with E-state index in [0.29, 0.717) is 16.7 Å². The molecule has 100 valence electrons. The SMILES string of the molecule is CNc1nnc(C(=O)Nc2ccccc2COC)s1. The van der Waals surface area contributed by atoms with Crippen molar-refractivity contribution >= 4 is 28.1 Å². The van der Waals surface area contributed by atoms with Gasteiger partial charge in [0.2, 0.25) is 10.1 Å². The van der Waals surface area contributed by atoms with Gasteiger partial charge < -0.3 is 15.4 Å².